The quantitative estimate of drug-likeness (QED) is 0.895. The average molecular weight is 300 g/mol. The summed E-state index contributed by atoms with van der Waals surface area (Å²) >= 11 is 0. The van der Waals surface area contributed by atoms with Crippen molar-refractivity contribution in [3.05, 3.63) is 23.8 Å². The van der Waals surface area contributed by atoms with Crippen molar-refractivity contribution in [1.82, 2.24) is 19.9 Å². The summed E-state index contributed by atoms with van der Waals surface area (Å²) in [4.78, 5) is 25.9. The van der Waals surface area contributed by atoms with Crippen LogP contribution in [-0.4, -0.2) is 49.0 Å². The standard InChI is InChI=1S/C15H16N4O3/c1-18-13-4-2-8(6-11(13)16-17-18)14(20)19-9-3-5-12(19)10(7-9)15(21)22/h2,4,6,9-10,12H,3,5,7H2,1H3,(H,21,22). The molecular weight excluding hydrogens is 284 g/mol. The summed E-state index contributed by atoms with van der Waals surface area (Å²) in [5.41, 5.74) is 2.09. The van der Waals surface area contributed by atoms with E-state index in [-0.39, 0.29) is 18.0 Å². The number of carbonyl (C=O) groups is 2. The van der Waals surface area contributed by atoms with Crippen molar-refractivity contribution in [3.8, 4) is 0 Å². The van der Waals surface area contributed by atoms with Crippen LogP contribution in [0.1, 0.15) is 29.6 Å². The molecule has 0 radical (unpaired) electrons. The SMILES string of the molecule is Cn1nnc2cc(C(=O)N3C4CCC3C(C(=O)O)C4)ccc21. The van der Waals surface area contributed by atoms with E-state index in [4.69, 9.17) is 0 Å². The summed E-state index contributed by atoms with van der Waals surface area (Å²) in [7, 11) is 1.80. The van der Waals surface area contributed by atoms with E-state index in [2.05, 4.69) is 10.3 Å². The minimum atomic E-state index is -0.797. The Hall–Kier alpha value is -2.44. The number of rotatable bonds is 2. The number of carboxylic acids is 1. The van der Waals surface area contributed by atoms with Crippen molar-refractivity contribution in [2.75, 3.05) is 0 Å². The number of carboxylic acid groups (broad SMARTS) is 1. The van der Waals surface area contributed by atoms with Gasteiger partial charge in [0.2, 0.25) is 0 Å². The number of aryl methyl sites for hydroxylation is 1. The summed E-state index contributed by atoms with van der Waals surface area (Å²) in [6, 6.07) is 5.21. The Balaban J connectivity index is 1.67. The Morgan fingerprint density at radius 2 is 2.14 bits per heavy atom. The Bertz CT molecular complexity index is 784. The van der Waals surface area contributed by atoms with E-state index in [1.54, 1.807) is 28.8 Å². The van der Waals surface area contributed by atoms with Crippen molar-refractivity contribution >= 4 is 22.9 Å². The van der Waals surface area contributed by atoms with Crippen LogP contribution in [0.2, 0.25) is 0 Å². The molecule has 0 spiro atoms. The first-order valence-corrected chi connectivity index (χ1v) is 7.41. The zero-order valence-corrected chi connectivity index (χ0v) is 12.1. The second-order valence-electron chi connectivity index (χ2n) is 6.11. The van der Waals surface area contributed by atoms with Crippen LogP contribution >= 0.6 is 0 Å². The van der Waals surface area contributed by atoms with Gasteiger partial charge in [0.05, 0.1) is 11.4 Å². The average Bonchev–Trinajstić information content (AvgIpc) is 3.19. The zero-order chi connectivity index (χ0) is 15.4. The van der Waals surface area contributed by atoms with E-state index in [0.717, 1.165) is 18.4 Å². The van der Waals surface area contributed by atoms with E-state index in [1.165, 1.54) is 0 Å². The highest BCUT2D eigenvalue weighted by atomic mass is 16.4. The Kier molecular flexibility index (Phi) is 2.72. The molecule has 2 fully saturated rings. The number of aromatic nitrogens is 3. The fourth-order valence-electron chi connectivity index (χ4n) is 3.89. The molecule has 3 atom stereocenters. The molecule has 1 N–H and O–H groups in total. The first kappa shape index (κ1) is 13.2. The van der Waals surface area contributed by atoms with E-state index in [9.17, 15) is 14.7 Å². The molecule has 1 aromatic heterocycles. The van der Waals surface area contributed by atoms with Gasteiger partial charge in [-0.15, -0.1) is 5.10 Å². The van der Waals surface area contributed by atoms with Crippen molar-refractivity contribution < 1.29 is 14.7 Å². The number of benzene rings is 1. The maximum atomic E-state index is 12.8. The van der Waals surface area contributed by atoms with Gasteiger partial charge in [-0.25, -0.2) is 4.68 Å². The van der Waals surface area contributed by atoms with Gasteiger partial charge in [0.15, 0.2) is 0 Å². The fourth-order valence-corrected chi connectivity index (χ4v) is 3.89. The van der Waals surface area contributed by atoms with Gasteiger partial charge in [0.25, 0.3) is 5.91 Å². The fraction of sp³-hybridized carbons (Fsp3) is 0.467. The maximum Gasteiger partial charge on any atom is 0.308 e. The lowest BCUT2D eigenvalue weighted by molar-refractivity contribution is -0.142. The van der Waals surface area contributed by atoms with Gasteiger partial charge < -0.3 is 10.0 Å². The lowest BCUT2D eigenvalue weighted by Crippen LogP contribution is -2.37. The predicted molar refractivity (Wildman–Crippen MR) is 77.2 cm³/mol. The number of amides is 1. The van der Waals surface area contributed by atoms with Crippen LogP contribution in [0.4, 0.5) is 0 Å². The topological polar surface area (TPSA) is 88.3 Å². The number of carbonyl (C=O) groups excluding carboxylic acids is 1. The molecule has 2 saturated heterocycles. The van der Waals surface area contributed by atoms with Gasteiger partial charge in [-0.1, -0.05) is 5.21 Å². The highest BCUT2D eigenvalue weighted by molar-refractivity contribution is 5.98. The number of aliphatic carboxylic acids is 1. The predicted octanol–water partition coefficient (Wildman–Crippen LogP) is 1.05. The highest BCUT2D eigenvalue weighted by Crippen LogP contribution is 2.42. The largest absolute Gasteiger partial charge is 0.481 e. The molecule has 1 aromatic carbocycles. The van der Waals surface area contributed by atoms with Crippen molar-refractivity contribution in [3.63, 3.8) is 0 Å². The van der Waals surface area contributed by atoms with E-state index >= 15 is 0 Å². The third-order valence-electron chi connectivity index (χ3n) is 4.95. The van der Waals surface area contributed by atoms with E-state index in [0.29, 0.717) is 17.5 Å². The Morgan fingerprint density at radius 3 is 2.86 bits per heavy atom. The number of hydrogen-bond acceptors (Lipinski definition) is 4. The number of hydrogen-bond donors (Lipinski definition) is 1. The molecule has 4 rings (SSSR count). The summed E-state index contributed by atoms with van der Waals surface area (Å²) < 4.78 is 1.66. The molecule has 0 saturated carbocycles. The summed E-state index contributed by atoms with van der Waals surface area (Å²) in [5, 5.41) is 17.3. The van der Waals surface area contributed by atoms with Gasteiger partial charge in [-0.05, 0) is 37.5 Å². The molecule has 0 aliphatic carbocycles. The van der Waals surface area contributed by atoms with Crippen molar-refractivity contribution in [1.29, 1.82) is 0 Å². The molecule has 2 aliphatic rings. The van der Waals surface area contributed by atoms with E-state index < -0.39 is 11.9 Å². The van der Waals surface area contributed by atoms with Crippen LogP contribution in [0.15, 0.2) is 18.2 Å². The molecular formula is C15H16N4O3. The zero-order valence-electron chi connectivity index (χ0n) is 12.1. The first-order chi connectivity index (χ1) is 10.6. The third-order valence-corrected chi connectivity index (χ3v) is 4.95. The first-order valence-electron chi connectivity index (χ1n) is 7.41. The molecule has 2 bridgehead atoms. The second kappa shape index (κ2) is 4.53. The second-order valence-corrected chi connectivity index (χ2v) is 6.11. The molecule has 2 aromatic rings. The molecule has 7 heteroatoms. The lowest BCUT2D eigenvalue weighted by Gasteiger charge is -2.23. The van der Waals surface area contributed by atoms with Crippen molar-refractivity contribution in [2.45, 2.75) is 31.3 Å². The molecule has 3 unspecified atom stereocenters. The minimum Gasteiger partial charge on any atom is -0.481 e. The number of nitrogens with zero attached hydrogens (tertiary/aromatic N) is 4. The van der Waals surface area contributed by atoms with Crippen molar-refractivity contribution in [2.24, 2.45) is 13.0 Å². The van der Waals surface area contributed by atoms with Crippen LogP contribution in [0.3, 0.4) is 0 Å². The van der Waals surface area contributed by atoms with Crippen LogP contribution in [-0.2, 0) is 11.8 Å². The summed E-state index contributed by atoms with van der Waals surface area (Å²) in [6.45, 7) is 0. The maximum absolute atomic E-state index is 12.8. The van der Waals surface area contributed by atoms with Gasteiger partial charge in [0, 0.05) is 24.7 Å². The molecule has 22 heavy (non-hydrogen) atoms. The normalized spacial score (nSPS) is 26.8. The Labute approximate surface area is 126 Å². The molecule has 7 nitrogen and oxygen atoms in total. The molecule has 114 valence electrons. The molecule has 3 heterocycles. The van der Waals surface area contributed by atoms with Crippen LogP contribution in [0.5, 0.6) is 0 Å². The van der Waals surface area contributed by atoms with Gasteiger partial charge >= 0.3 is 5.97 Å². The van der Waals surface area contributed by atoms with Gasteiger partial charge in [-0.2, -0.15) is 0 Å². The minimum absolute atomic E-state index is 0.0520. The van der Waals surface area contributed by atoms with Gasteiger partial charge in [-0.3, -0.25) is 9.59 Å². The van der Waals surface area contributed by atoms with Gasteiger partial charge in [0.1, 0.15) is 5.52 Å². The lowest BCUT2D eigenvalue weighted by atomic mass is 9.89. The third kappa shape index (κ3) is 1.74. The van der Waals surface area contributed by atoms with Crippen LogP contribution in [0.25, 0.3) is 11.0 Å². The van der Waals surface area contributed by atoms with Crippen LogP contribution < -0.4 is 0 Å². The molecule has 2 aliphatic heterocycles. The molecule has 1 amide bonds. The number of fused-ring (bicyclic) bond motifs is 3. The van der Waals surface area contributed by atoms with Crippen LogP contribution in [0, 0.1) is 5.92 Å². The summed E-state index contributed by atoms with van der Waals surface area (Å²) in [5.74, 6) is -1.32. The highest BCUT2D eigenvalue weighted by Gasteiger charge is 2.51. The van der Waals surface area contributed by atoms with E-state index in [1.807, 2.05) is 6.07 Å². The summed E-state index contributed by atoms with van der Waals surface area (Å²) in [6.07, 6.45) is 2.24. The Morgan fingerprint density at radius 1 is 1.32 bits per heavy atom. The smallest absolute Gasteiger partial charge is 0.308 e. The monoisotopic (exact) mass is 300 g/mol.